The number of methoxy groups -OCH3 is 1. The molecule has 1 fully saturated rings. The number of amides is 3. The fourth-order valence-corrected chi connectivity index (χ4v) is 2.15. The second kappa shape index (κ2) is 9.37. The smallest absolute Gasteiger partial charge is 0.329 e. The van der Waals surface area contributed by atoms with Crippen LogP contribution >= 0.6 is 0 Å². The van der Waals surface area contributed by atoms with Gasteiger partial charge in [0, 0.05) is 13.1 Å². The van der Waals surface area contributed by atoms with Gasteiger partial charge in [-0.15, -0.1) is 0 Å². The Balaban J connectivity index is 1.95. The van der Waals surface area contributed by atoms with Crippen LogP contribution in [0.1, 0.15) is 5.56 Å². The number of benzene rings is 1. The number of nitrogens with two attached hydrogens (primary N) is 1. The maximum absolute atomic E-state index is 12.1. The van der Waals surface area contributed by atoms with Crippen LogP contribution in [0.4, 0.5) is 0 Å². The number of rotatable bonds is 6. The summed E-state index contributed by atoms with van der Waals surface area (Å²) < 4.78 is 16.0. The highest BCUT2D eigenvalue weighted by atomic mass is 16.5. The summed E-state index contributed by atoms with van der Waals surface area (Å²) in [6, 6.07) is 4.87. The Bertz CT molecular complexity index is 700. The average molecular weight is 364 g/mol. The summed E-state index contributed by atoms with van der Waals surface area (Å²) in [5.41, 5.74) is 7.36. The number of hydrogen-bond donors (Lipinski definition) is 2. The van der Waals surface area contributed by atoms with Gasteiger partial charge in [0.25, 0.3) is 5.91 Å². The molecule has 26 heavy (non-hydrogen) atoms. The molecule has 0 aromatic heterocycles. The van der Waals surface area contributed by atoms with Crippen molar-refractivity contribution in [1.82, 2.24) is 10.3 Å². The summed E-state index contributed by atoms with van der Waals surface area (Å²) in [6.07, 6.45) is 1.31. The predicted molar refractivity (Wildman–Crippen MR) is 90.8 cm³/mol. The lowest BCUT2D eigenvalue weighted by molar-refractivity contribution is -0.137. The normalized spacial score (nSPS) is 14.1. The Morgan fingerprint density at radius 3 is 2.69 bits per heavy atom. The molecule has 0 aliphatic carbocycles. The van der Waals surface area contributed by atoms with Gasteiger partial charge in [-0.1, -0.05) is 0 Å². The molecule has 140 valence electrons. The van der Waals surface area contributed by atoms with Gasteiger partial charge in [-0.05, 0) is 23.8 Å². The van der Waals surface area contributed by atoms with Gasteiger partial charge in [0.05, 0.1) is 26.5 Å². The van der Waals surface area contributed by atoms with Crippen LogP contribution in [0.5, 0.6) is 11.5 Å². The number of primary amides is 1. The van der Waals surface area contributed by atoms with Crippen molar-refractivity contribution >= 4 is 23.9 Å². The molecule has 0 radical (unpaired) electrons. The highest BCUT2D eigenvalue weighted by Crippen LogP contribution is 2.27. The molecule has 3 amide bonds. The second-order valence-corrected chi connectivity index (χ2v) is 5.26. The van der Waals surface area contributed by atoms with E-state index < -0.39 is 11.8 Å². The lowest BCUT2D eigenvalue weighted by Crippen LogP contribution is -2.43. The molecular formula is C16H20N4O6. The molecule has 0 saturated carbocycles. The molecule has 0 unspecified atom stereocenters. The van der Waals surface area contributed by atoms with E-state index >= 15 is 0 Å². The fourth-order valence-electron chi connectivity index (χ4n) is 2.15. The van der Waals surface area contributed by atoms with Gasteiger partial charge >= 0.3 is 11.8 Å². The van der Waals surface area contributed by atoms with E-state index in [4.69, 9.17) is 19.9 Å². The summed E-state index contributed by atoms with van der Waals surface area (Å²) >= 11 is 0. The first-order valence-electron chi connectivity index (χ1n) is 7.80. The fraction of sp³-hybridized carbons (Fsp3) is 0.375. The molecule has 0 spiro atoms. The minimum absolute atomic E-state index is 0.113. The van der Waals surface area contributed by atoms with Crippen LogP contribution in [-0.2, 0) is 19.1 Å². The summed E-state index contributed by atoms with van der Waals surface area (Å²) in [5.74, 6) is -1.49. The minimum Gasteiger partial charge on any atom is -0.493 e. The van der Waals surface area contributed by atoms with E-state index in [1.807, 2.05) is 5.43 Å². The molecule has 3 N–H and O–H groups in total. The van der Waals surface area contributed by atoms with Gasteiger partial charge in [0.1, 0.15) is 0 Å². The molecule has 10 heteroatoms. The topological polar surface area (TPSA) is 133 Å². The van der Waals surface area contributed by atoms with Crippen molar-refractivity contribution in [3.05, 3.63) is 23.8 Å². The van der Waals surface area contributed by atoms with Crippen LogP contribution in [0.15, 0.2) is 23.3 Å². The first-order valence-corrected chi connectivity index (χ1v) is 7.80. The van der Waals surface area contributed by atoms with E-state index in [9.17, 15) is 14.4 Å². The van der Waals surface area contributed by atoms with Crippen molar-refractivity contribution in [3.8, 4) is 11.5 Å². The third kappa shape index (κ3) is 5.45. The van der Waals surface area contributed by atoms with E-state index in [2.05, 4.69) is 5.10 Å². The molecule has 1 aromatic carbocycles. The van der Waals surface area contributed by atoms with Crippen LogP contribution in [0.2, 0.25) is 0 Å². The molecule has 0 bridgehead atoms. The number of hydrazone groups is 1. The largest absolute Gasteiger partial charge is 0.493 e. The molecule has 1 aromatic rings. The first kappa shape index (κ1) is 19.2. The van der Waals surface area contributed by atoms with E-state index in [0.29, 0.717) is 43.4 Å². The standard InChI is InChI=1S/C16H20N4O6/c1-24-13-8-11(9-18-19-16(23)15(17)22)2-3-12(13)26-10-14(21)20-4-6-25-7-5-20/h2-3,8-9H,4-7,10H2,1H3,(H2,17,22)(H,19,23)/b18-9+. The Labute approximate surface area is 149 Å². The number of morpholine rings is 1. The third-order valence-corrected chi connectivity index (χ3v) is 3.51. The third-order valence-electron chi connectivity index (χ3n) is 3.51. The lowest BCUT2D eigenvalue weighted by atomic mass is 10.2. The number of carbonyl (C=O) groups is 3. The molecule has 1 aliphatic rings. The highest BCUT2D eigenvalue weighted by Gasteiger charge is 2.18. The molecule has 1 aliphatic heterocycles. The van der Waals surface area contributed by atoms with Gasteiger partial charge in [-0.3, -0.25) is 14.4 Å². The van der Waals surface area contributed by atoms with Crippen LogP contribution in [0, 0.1) is 0 Å². The van der Waals surface area contributed by atoms with Gasteiger partial charge in [-0.25, -0.2) is 5.43 Å². The van der Waals surface area contributed by atoms with Gasteiger partial charge in [-0.2, -0.15) is 5.10 Å². The maximum atomic E-state index is 12.1. The van der Waals surface area contributed by atoms with Crippen LogP contribution < -0.4 is 20.6 Å². The van der Waals surface area contributed by atoms with E-state index in [0.717, 1.165) is 0 Å². The summed E-state index contributed by atoms with van der Waals surface area (Å²) in [7, 11) is 1.46. The number of hydrogen-bond acceptors (Lipinski definition) is 7. The van der Waals surface area contributed by atoms with E-state index in [1.165, 1.54) is 13.3 Å². The summed E-state index contributed by atoms with van der Waals surface area (Å²) in [4.78, 5) is 35.4. The summed E-state index contributed by atoms with van der Waals surface area (Å²) in [6.45, 7) is 2.03. The Morgan fingerprint density at radius 2 is 2.04 bits per heavy atom. The van der Waals surface area contributed by atoms with Gasteiger partial charge in [0.15, 0.2) is 18.1 Å². The zero-order valence-corrected chi connectivity index (χ0v) is 14.3. The highest BCUT2D eigenvalue weighted by molar-refractivity contribution is 6.34. The Morgan fingerprint density at radius 1 is 1.31 bits per heavy atom. The minimum atomic E-state index is -1.13. The van der Waals surface area contributed by atoms with Crippen molar-refractivity contribution in [2.24, 2.45) is 10.8 Å². The second-order valence-electron chi connectivity index (χ2n) is 5.26. The zero-order valence-electron chi connectivity index (χ0n) is 14.3. The van der Waals surface area contributed by atoms with Gasteiger partial charge in [0.2, 0.25) is 0 Å². The van der Waals surface area contributed by atoms with Crippen molar-refractivity contribution in [1.29, 1.82) is 0 Å². The average Bonchev–Trinajstić information content (AvgIpc) is 2.66. The zero-order chi connectivity index (χ0) is 18.9. The SMILES string of the molecule is COc1cc(/C=N/NC(=O)C(N)=O)ccc1OCC(=O)N1CCOCC1. The number of carbonyl (C=O) groups excluding carboxylic acids is 3. The molecule has 1 heterocycles. The molecule has 10 nitrogen and oxygen atoms in total. The number of nitrogens with zero attached hydrogens (tertiary/aromatic N) is 2. The quantitative estimate of drug-likeness (QED) is 0.373. The first-order chi connectivity index (χ1) is 12.5. The maximum Gasteiger partial charge on any atom is 0.329 e. The molecule has 1 saturated heterocycles. The van der Waals surface area contributed by atoms with E-state index in [-0.39, 0.29) is 12.5 Å². The van der Waals surface area contributed by atoms with Crippen molar-refractivity contribution in [2.75, 3.05) is 40.0 Å². The van der Waals surface area contributed by atoms with Crippen molar-refractivity contribution in [2.45, 2.75) is 0 Å². The van der Waals surface area contributed by atoms with Crippen LogP contribution in [0.25, 0.3) is 0 Å². The molecule has 0 atom stereocenters. The van der Waals surface area contributed by atoms with Crippen molar-refractivity contribution in [3.63, 3.8) is 0 Å². The predicted octanol–water partition coefficient (Wildman–Crippen LogP) is -1.13. The lowest BCUT2D eigenvalue weighted by Gasteiger charge is -2.26. The van der Waals surface area contributed by atoms with Crippen molar-refractivity contribution < 1.29 is 28.6 Å². The Kier molecular flexibility index (Phi) is 6.92. The molecular weight excluding hydrogens is 344 g/mol. The van der Waals surface area contributed by atoms with Crippen LogP contribution in [0.3, 0.4) is 0 Å². The monoisotopic (exact) mass is 364 g/mol. The number of nitrogens with one attached hydrogen (secondary N) is 1. The van der Waals surface area contributed by atoms with E-state index in [1.54, 1.807) is 23.1 Å². The number of ether oxygens (including phenoxy) is 3. The van der Waals surface area contributed by atoms with Crippen LogP contribution in [-0.4, -0.2) is 68.9 Å². The molecule has 2 rings (SSSR count). The summed E-state index contributed by atoms with van der Waals surface area (Å²) in [5, 5.41) is 3.61. The Hall–Kier alpha value is -3.14. The van der Waals surface area contributed by atoms with Gasteiger partial charge < -0.3 is 24.8 Å².